The van der Waals surface area contributed by atoms with Crippen LogP contribution in [-0.2, 0) is 9.53 Å². The van der Waals surface area contributed by atoms with Crippen LogP contribution in [0.25, 0.3) is 0 Å². The highest BCUT2D eigenvalue weighted by molar-refractivity contribution is 5.65. The van der Waals surface area contributed by atoms with Crippen LogP contribution in [0, 0.1) is 11.3 Å². The molecule has 44 valence electrons. The van der Waals surface area contributed by atoms with Crippen molar-refractivity contribution in [2.75, 3.05) is 13.2 Å². The number of hydrogen-bond acceptors (Lipinski definition) is 2. The monoisotopic (exact) mass is 112 g/mol. The lowest BCUT2D eigenvalue weighted by molar-refractivity contribution is -0.112. The van der Waals surface area contributed by atoms with Crippen molar-refractivity contribution in [2.24, 2.45) is 11.3 Å². The molecular formula is C6H8O2. The van der Waals surface area contributed by atoms with Crippen LogP contribution in [0.3, 0.4) is 0 Å². The number of hydrogen-bond donors (Lipinski definition) is 0. The molecule has 2 rings (SSSR count). The summed E-state index contributed by atoms with van der Waals surface area (Å²) >= 11 is 0. The fraction of sp³-hybridized carbons (Fsp3) is 0.833. The lowest BCUT2D eigenvalue weighted by atomic mass is 10.1. The number of ether oxygens (including phenoxy) is 1. The summed E-state index contributed by atoms with van der Waals surface area (Å²) in [6.45, 7) is 1.50. The number of fused-ring (bicyclic) bond motifs is 1. The summed E-state index contributed by atoms with van der Waals surface area (Å²) < 4.78 is 5.07. The van der Waals surface area contributed by atoms with Crippen LogP contribution >= 0.6 is 0 Å². The van der Waals surface area contributed by atoms with E-state index in [2.05, 4.69) is 0 Å². The summed E-state index contributed by atoms with van der Waals surface area (Å²) in [5, 5.41) is 0. The standard InChI is InChI=1S/C6H8O2/c7-3-6-1-5(6)2-8-4-6/h3,5H,1-2,4H2. The first kappa shape index (κ1) is 4.50. The topological polar surface area (TPSA) is 26.3 Å². The summed E-state index contributed by atoms with van der Waals surface area (Å²) in [5.41, 5.74) is 0.000000000000000222. The molecule has 2 heteroatoms. The predicted octanol–water partition coefficient (Wildman–Crippen LogP) is 0.222. The van der Waals surface area contributed by atoms with Gasteiger partial charge in [0.25, 0.3) is 0 Å². The largest absolute Gasteiger partial charge is 0.380 e. The quantitative estimate of drug-likeness (QED) is 0.453. The van der Waals surface area contributed by atoms with Crippen molar-refractivity contribution in [3.8, 4) is 0 Å². The number of aldehydes is 1. The Morgan fingerprint density at radius 2 is 2.62 bits per heavy atom. The van der Waals surface area contributed by atoms with Crippen LogP contribution in [0.15, 0.2) is 0 Å². The van der Waals surface area contributed by atoms with Crippen molar-refractivity contribution in [1.82, 2.24) is 0 Å². The van der Waals surface area contributed by atoms with Crippen molar-refractivity contribution in [3.05, 3.63) is 0 Å². The molecule has 0 amide bonds. The first-order valence-corrected chi connectivity index (χ1v) is 2.91. The Balaban J connectivity index is 2.18. The zero-order valence-electron chi connectivity index (χ0n) is 4.59. The Labute approximate surface area is 47.8 Å². The third-order valence-corrected chi connectivity index (χ3v) is 2.20. The van der Waals surface area contributed by atoms with E-state index in [0.717, 1.165) is 19.3 Å². The van der Waals surface area contributed by atoms with Crippen LogP contribution in [0.1, 0.15) is 6.42 Å². The highest BCUT2D eigenvalue weighted by Crippen LogP contribution is 2.54. The summed E-state index contributed by atoms with van der Waals surface area (Å²) in [6.07, 6.45) is 2.14. The van der Waals surface area contributed by atoms with E-state index in [4.69, 9.17) is 4.74 Å². The zero-order valence-corrected chi connectivity index (χ0v) is 4.59. The van der Waals surface area contributed by atoms with Gasteiger partial charge in [0.1, 0.15) is 6.29 Å². The predicted molar refractivity (Wildman–Crippen MR) is 27.4 cm³/mol. The lowest BCUT2D eigenvalue weighted by Crippen LogP contribution is -2.05. The molecule has 1 saturated carbocycles. The van der Waals surface area contributed by atoms with Crippen LogP contribution in [0.5, 0.6) is 0 Å². The van der Waals surface area contributed by atoms with E-state index in [1.165, 1.54) is 0 Å². The van der Waals surface area contributed by atoms with Crippen LogP contribution in [-0.4, -0.2) is 19.5 Å². The minimum Gasteiger partial charge on any atom is -0.380 e. The van der Waals surface area contributed by atoms with Crippen molar-refractivity contribution >= 4 is 6.29 Å². The van der Waals surface area contributed by atoms with Gasteiger partial charge in [-0.1, -0.05) is 0 Å². The molecule has 2 nitrogen and oxygen atoms in total. The van der Waals surface area contributed by atoms with Crippen molar-refractivity contribution < 1.29 is 9.53 Å². The first-order chi connectivity index (χ1) is 3.87. The second kappa shape index (κ2) is 1.13. The molecule has 2 unspecified atom stereocenters. The number of carbonyl (C=O) groups excluding carboxylic acids is 1. The van der Waals surface area contributed by atoms with E-state index < -0.39 is 0 Å². The number of carbonyl (C=O) groups is 1. The Morgan fingerprint density at radius 3 is 2.88 bits per heavy atom. The molecule has 8 heavy (non-hydrogen) atoms. The van der Waals surface area contributed by atoms with Crippen LogP contribution in [0.4, 0.5) is 0 Å². The van der Waals surface area contributed by atoms with E-state index >= 15 is 0 Å². The normalized spacial score (nSPS) is 50.8. The van der Waals surface area contributed by atoms with Gasteiger partial charge in [0.15, 0.2) is 0 Å². The molecule has 1 saturated heterocycles. The van der Waals surface area contributed by atoms with Crippen LogP contribution in [0.2, 0.25) is 0 Å². The minimum absolute atomic E-state index is 0.000000000000000222. The van der Waals surface area contributed by atoms with Gasteiger partial charge in [0.2, 0.25) is 0 Å². The Morgan fingerprint density at radius 1 is 1.75 bits per heavy atom. The summed E-state index contributed by atoms with van der Waals surface area (Å²) in [6, 6.07) is 0. The molecule has 1 aliphatic carbocycles. The van der Waals surface area contributed by atoms with Gasteiger partial charge in [-0.3, -0.25) is 0 Å². The summed E-state index contributed by atoms with van der Waals surface area (Å²) in [5.74, 6) is 0.583. The fourth-order valence-corrected chi connectivity index (χ4v) is 1.37. The highest BCUT2D eigenvalue weighted by atomic mass is 16.5. The van der Waals surface area contributed by atoms with Crippen molar-refractivity contribution in [3.63, 3.8) is 0 Å². The molecular weight excluding hydrogens is 104 g/mol. The molecule has 0 aromatic rings. The van der Waals surface area contributed by atoms with E-state index in [1.54, 1.807) is 0 Å². The third-order valence-electron chi connectivity index (χ3n) is 2.20. The van der Waals surface area contributed by atoms with Crippen molar-refractivity contribution in [1.29, 1.82) is 0 Å². The first-order valence-electron chi connectivity index (χ1n) is 2.91. The van der Waals surface area contributed by atoms with Crippen molar-refractivity contribution in [2.45, 2.75) is 6.42 Å². The van der Waals surface area contributed by atoms with Gasteiger partial charge in [-0.2, -0.15) is 0 Å². The number of rotatable bonds is 1. The Kier molecular flexibility index (Phi) is 0.637. The Hall–Kier alpha value is -0.370. The maximum atomic E-state index is 10.3. The van der Waals surface area contributed by atoms with E-state index in [-0.39, 0.29) is 5.41 Å². The van der Waals surface area contributed by atoms with E-state index in [0.29, 0.717) is 12.5 Å². The molecule has 0 aromatic heterocycles. The van der Waals surface area contributed by atoms with Gasteiger partial charge >= 0.3 is 0 Å². The summed E-state index contributed by atoms with van der Waals surface area (Å²) in [7, 11) is 0. The van der Waals surface area contributed by atoms with Crippen LogP contribution < -0.4 is 0 Å². The molecule has 1 aliphatic heterocycles. The maximum Gasteiger partial charge on any atom is 0.128 e. The minimum atomic E-state index is 0.000000000000000222. The highest BCUT2D eigenvalue weighted by Gasteiger charge is 2.58. The smallest absolute Gasteiger partial charge is 0.128 e. The molecule has 0 radical (unpaired) electrons. The van der Waals surface area contributed by atoms with Gasteiger partial charge < -0.3 is 9.53 Å². The second-order valence-electron chi connectivity index (χ2n) is 2.77. The SMILES string of the molecule is O=CC12COCC1C2. The second-order valence-corrected chi connectivity index (χ2v) is 2.77. The molecule has 0 spiro atoms. The van der Waals surface area contributed by atoms with Gasteiger partial charge in [0, 0.05) is 0 Å². The van der Waals surface area contributed by atoms with Gasteiger partial charge in [0.05, 0.1) is 18.6 Å². The molecule has 2 aliphatic rings. The molecule has 0 bridgehead atoms. The average molecular weight is 112 g/mol. The molecule has 2 fully saturated rings. The summed E-state index contributed by atoms with van der Waals surface area (Å²) in [4.78, 5) is 10.3. The third kappa shape index (κ3) is 0.348. The lowest BCUT2D eigenvalue weighted by Gasteiger charge is -1.95. The van der Waals surface area contributed by atoms with Gasteiger partial charge in [-0.15, -0.1) is 0 Å². The molecule has 2 atom stereocenters. The molecule has 0 aromatic carbocycles. The van der Waals surface area contributed by atoms with Gasteiger partial charge in [-0.05, 0) is 12.3 Å². The average Bonchev–Trinajstić information content (AvgIpc) is 2.38. The fourth-order valence-electron chi connectivity index (χ4n) is 1.37. The zero-order chi connectivity index (χ0) is 5.61. The molecule has 1 heterocycles. The molecule has 0 N–H and O–H groups in total. The Bertz CT molecular complexity index is 132. The van der Waals surface area contributed by atoms with E-state index in [9.17, 15) is 4.79 Å². The van der Waals surface area contributed by atoms with Gasteiger partial charge in [-0.25, -0.2) is 0 Å². The maximum absolute atomic E-state index is 10.3. The van der Waals surface area contributed by atoms with E-state index in [1.807, 2.05) is 0 Å².